The molecule has 0 spiro atoms. The first-order valence-electron chi connectivity index (χ1n) is 10.9. The fourth-order valence-electron chi connectivity index (χ4n) is 3.30. The number of nitrogens with one attached hydrogen (secondary N) is 1. The minimum Gasteiger partial charge on any atom is -0.497 e. The Balaban J connectivity index is 1.97. The smallest absolute Gasteiger partial charge is 0.264 e. The van der Waals surface area contributed by atoms with Crippen molar-refractivity contribution in [2.45, 2.75) is 25.7 Å². The number of rotatable bonds is 9. The predicted octanol–water partition coefficient (Wildman–Crippen LogP) is 4.06. The zero-order valence-corrected chi connectivity index (χ0v) is 21.2. The van der Waals surface area contributed by atoms with Crippen LogP contribution in [0, 0.1) is 13.8 Å². The van der Waals surface area contributed by atoms with E-state index in [4.69, 9.17) is 9.47 Å². The summed E-state index contributed by atoms with van der Waals surface area (Å²) < 4.78 is 39.0. The summed E-state index contributed by atoms with van der Waals surface area (Å²) in [4.78, 5) is 12.9. The van der Waals surface area contributed by atoms with E-state index in [1.54, 1.807) is 31.2 Å². The summed E-state index contributed by atoms with van der Waals surface area (Å²) >= 11 is 0. The van der Waals surface area contributed by atoms with Crippen LogP contribution in [0.25, 0.3) is 0 Å². The molecule has 9 heteroatoms. The molecule has 0 aromatic heterocycles. The number of ether oxygens (including phenoxy) is 2. The number of methoxy groups -OCH3 is 2. The van der Waals surface area contributed by atoms with E-state index in [1.165, 1.54) is 32.4 Å². The summed E-state index contributed by atoms with van der Waals surface area (Å²) in [5.74, 6) is 0.0733. The molecule has 0 saturated heterocycles. The molecule has 0 unspecified atom stereocenters. The Morgan fingerprint density at radius 2 is 1.51 bits per heavy atom. The van der Waals surface area contributed by atoms with Gasteiger partial charge in [0.1, 0.15) is 18.0 Å². The van der Waals surface area contributed by atoms with Crippen molar-refractivity contribution < 1.29 is 22.7 Å². The molecule has 3 aromatic rings. The van der Waals surface area contributed by atoms with Crippen molar-refractivity contribution in [3.05, 3.63) is 83.4 Å². The monoisotopic (exact) mass is 495 g/mol. The summed E-state index contributed by atoms with van der Waals surface area (Å²) in [6.45, 7) is 5.08. The number of aryl methyl sites for hydroxylation is 2. The van der Waals surface area contributed by atoms with E-state index in [2.05, 4.69) is 10.5 Å². The molecule has 0 aliphatic carbocycles. The Hall–Kier alpha value is -3.85. The first-order valence-corrected chi connectivity index (χ1v) is 12.3. The maximum Gasteiger partial charge on any atom is 0.264 e. The van der Waals surface area contributed by atoms with E-state index in [0.29, 0.717) is 11.5 Å². The van der Waals surface area contributed by atoms with Gasteiger partial charge in [-0.15, -0.1) is 0 Å². The van der Waals surface area contributed by atoms with Crippen molar-refractivity contribution in [3.63, 3.8) is 0 Å². The van der Waals surface area contributed by atoms with Crippen molar-refractivity contribution in [2.24, 2.45) is 5.10 Å². The minimum absolute atomic E-state index is 0.0418. The standard InChI is InChI=1S/C26H29N3O5S/c1-18-6-10-21(11-7-18)20(3)27-28-26(30)17-29(24-16-22(33-4)12-15-25(24)34-5)35(31,32)23-13-8-19(2)9-14-23/h6-16H,17H2,1-5H3,(H,28,30)/b27-20-. The quantitative estimate of drug-likeness (QED) is 0.357. The number of nitrogens with zero attached hydrogens (tertiary/aromatic N) is 2. The van der Waals surface area contributed by atoms with Gasteiger partial charge in [0.05, 0.1) is 30.5 Å². The molecule has 0 aliphatic heterocycles. The van der Waals surface area contributed by atoms with Crippen LogP contribution in [0.1, 0.15) is 23.6 Å². The van der Waals surface area contributed by atoms with Crippen molar-refractivity contribution in [1.82, 2.24) is 5.43 Å². The van der Waals surface area contributed by atoms with Gasteiger partial charge in [-0.25, -0.2) is 13.8 Å². The summed E-state index contributed by atoms with van der Waals surface area (Å²) in [6, 6.07) is 18.8. The lowest BCUT2D eigenvalue weighted by molar-refractivity contribution is -0.119. The van der Waals surface area contributed by atoms with Crippen LogP contribution in [0.2, 0.25) is 0 Å². The van der Waals surface area contributed by atoms with Gasteiger partial charge in [-0.2, -0.15) is 5.10 Å². The number of anilines is 1. The van der Waals surface area contributed by atoms with Crippen LogP contribution >= 0.6 is 0 Å². The largest absolute Gasteiger partial charge is 0.497 e. The fraction of sp³-hybridized carbons (Fsp3) is 0.231. The molecule has 0 fully saturated rings. The van der Waals surface area contributed by atoms with Gasteiger partial charge < -0.3 is 9.47 Å². The molecule has 0 radical (unpaired) electrons. The maximum atomic E-state index is 13.7. The molecular formula is C26H29N3O5S. The zero-order chi connectivity index (χ0) is 25.6. The number of carbonyl (C=O) groups excluding carboxylic acids is 1. The number of carbonyl (C=O) groups is 1. The van der Waals surface area contributed by atoms with Crippen LogP contribution in [0.4, 0.5) is 5.69 Å². The molecule has 0 aliphatic rings. The zero-order valence-electron chi connectivity index (χ0n) is 20.4. The summed E-state index contributed by atoms with van der Waals surface area (Å²) in [5.41, 5.74) is 6.08. The topological polar surface area (TPSA) is 97.3 Å². The normalized spacial score (nSPS) is 11.6. The summed E-state index contributed by atoms with van der Waals surface area (Å²) in [6.07, 6.45) is 0. The average Bonchev–Trinajstić information content (AvgIpc) is 2.86. The highest BCUT2D eigenvalue weighted by atomic mass is 32.2. The molecular weight excluding hydrogens is 466 g/mol. The molecule has 184 valence electrons. The Labute approximate surface area is 206 Å². The van der Waals surface area contributed by atoms with Gasteiger partial charge in [-0.1, -0.05) is 47.5 Å². The molecule has 35 heavy (non-hydrogen) atoms. The third kappa shape index (κ3) is 6.19. The second-order valence-electron chi connectivity index (χ2n) is 7.96. The lowest BCUT2D eigenvalue weighted by atomic mass is 10.1. The average molecular weight is 496 g/mol. The number of sulfonamides is 1. The Morgan fingerprint density at radius 1 is 0.914 bits per heavy atom. The number of hydrazone groups is 1. The minimum atomic E-state index is -4.13. The van der Waals surface area contributed by atoms with Gasteiger partial charge in [0.25, 0.3) is 15.9 Å². The Bertz CT molecular complexity index is 1320. The molecule has 0 saturated carbocycles. The second kappa shape index (κ2) is 11.1. The van der Waals surface area contributed by atoms with Crippen molar-refractivity contribution in [1.29, 1.82) is 0 Å². The number of hydrogen-bond donors (Lipinski definition) is 1. The second-order valence-corrected chi connectivity index (χ2v) is 9.82. The molecule has 8 nitrogen and oxygen atoms in total. The van der Waals surface area contributed by atoms with E-state index in [-0.39, 0.29) is 16.3 Å². The number of amides is 1. The van der Waals surface area contributed by atoms with E-state index in [1.807, 2.05) is 38.1 Å². The molecule has 3 aromatic carbocycles. The molecule has 3 rings (SSSR count). The molecule has 0 bridgehead atoms. The highest BCUT2D eigenvalue weighted by molar-refractivity contribution is 7.92. The predicted molar refractivity (Wildman–Crippen MR) is 137 cm³/mol. The van der Waals surface area contributed by atoms with E-state index in [0.717, 1.165) is 21.0 Å². The third-order valence-corrected chi connectivity index (χ3v) is 7.14. The summed E-state index contributed by atoms with van der Waals surface area (Å²) in [7, 11) is -1.23. The first kappa shape index (κ1) is 25.8. The van der Waals surface area contributed by atoms with Crippen LogP contribution in [0.3, 0.4) is 0 Å². The van der Waals surface area contributed by atoms with E-state index >= 15 is 0 Å². The lowest BCUT2D eigenvalue weighted by Gasteiger charge is -2.25. The van der Waals surface area contributed by atoms with Gasteiger partial charge >= 0.3 is 0 Å². The molecule has 1 N–H and O–H groups in total. The number of hydrogen-bond acceptors (Lipinski definition) is 6. The van der Waals surface area contributed by atoms with Crippen LogP contribution in [-0.2, 0) is 14.8 Å². The fourth-order valence-corrected chi connectivity index (χ4v) is 4.72. The van der Waals surface area contributed by atoms with E-state index in [9.17, 15) is 13.2 Å². The van der Waals surface area contributed by atoms with Crippen LogP contribution in [0.15, 0.2) is 76.7 Å². The van der Waals surface area contributed by atoms with Crippen LogP contribution in [0.5, 0.6) is 11.5 Å². The molecule has 0 atom stereocenters. The summed E-state index contributed by atoms with van der Waals surface area (Å²) in [5, 5.41) is 4.15. The third-order valence-electron chi connectivity index (χ3n) is 5.37. The van der Waals surface area contributed by atoms with Crippen LogP contribution < -0.4 is 19.2 Å². The number of benzene rings is 3. The lowest BCUT2D eigenvalue weighted by Crippen LogP contribution is -2.40. The Morgan fingerprint density at radius 3 is 2.09 bits per heavy atom. The van der Waals surface area contributed by atoms with Gasteiger partial charge in [-0.3, -0.25) is 9.10 Å². The van der Waals surface area contributed by atoms with Crippen molar-refractivity contribution in [3.8, 4) is 11.5 Å². The maximum absolute atomic E-state index is 13.7. The van der Waals surface area contributed by atoms with Crippen LogP contribution in [-0.4, -0.2) is 40.8 Å². The molecule has 0 heterocycles. The highest BCUT2D eigenvalue weighted by Gasteiger charge is 2.30. The SMILES string of the molecule is COc1ccc(OC)c(N(CC(=O)N/N=C(/C)c2ccc(C)cc2)S(=O)(=O)c2ccc(C)cc2)c1. The van der Waals surface area contributed by atoms with Gasteiger partial charge in [0.15, 0.2) is 0 Å². The van der Waals surface area contributed by atoms with Crippen molar-refractivity contribution in [2.75, 3.05) is 25.1 Å². The van der Waals surface area contributed by atoms with Gasteiger partial charge in [0, 0.05) is 6.07 Å². The highest BCUT2D eigenvalue weighted by Crippen LogP contribution is 2.35. The molecule has 1 amide bonds. The first-order chi connectivity index (χ1) is 16.6. The van der Waals surface area contributed by atoms with Gasteiger partial charge in [0.2, 0.25) is 0 Å². The van der Waals surface area contributed by atoms with E-state index < -0.39 is 22.5 Å². The van der Waals surface area contributed by atoms with Crippen molar-refractivity contribution >= 4 is 27.3 Å². The van der Waals surface area contributed by atoms with Gasteiger partial charge in [-0.05, 0) is 50.6 Å². The Kier molecular flexibility index (Phi) is 8.14.